The summed E-state index contributed by atoms with van der Waals surface area (Å²) in [5.74, 6) is 2.29. The molecule has 0 aliphatic heterocycles. The normalized spacial score (nSPS) is 14.0. The van der Waals surface area contributed by atoms with Gasteiger partial charge in [0.1, 0.15) is 0 Å². The summed E-state index contributed by atoms with van der Waals surface area (Å²) in [6.07, 6.45) is 88.5. The molecule has 0 N–H and O–H groups in total. The first kappa shape index (κ1) is 106. The minimum atomic E-state index is -0.0690. The average Bonchev–Trinajstić information content (AvgIpc) is 1.52. The van der Waals surface area contributed by atoms with Crippen LogP contribution in [0.2, 0.25) is 0 Å². The quantitative estimate of drug-likeness (QED) is 0.0282. The van der Waals surface area contributed by atoms with Crippen LogP contribution in [0.25, 0.3) is 39.9 Å². The molecule has 124 heavy (non-hydrogen) atoms. The van der Waals surface area contributed by atoms with E-state index in [1.165, 1.54) is 416 Å². The Hall–Kier alpha value is -1.84. The molecule has 4 unspecified atom stereocenters. The molecule has 4 nitrogen and oxygen atoms in total. The summed E-state index contributed by atoms with van der Waals surface area (Å²) < 4.78 is 23.8. The van der Waals surface area contributed by atoms with Crippen molar-refractivity contribution in [2.75, 3.05) is 0 Å². The number of nitrogens with zero attached hydrogens (tertiary/aromatic N) is 2. The standard InChI is InChI=1S/C114H180N2O2Se6/c1-11-19-27-35-39-43-45-49-53-57-69-91(67-55-51-47-41-37-29-21-13-3)71-63-65-81-115-100-87-96(114(118)116(99(100)86-95(113(115)117)103-78-77-89(9)119-103)82-66-64-72-92(68-56-52-48-42-38-30-22-14-4)70-58-54-50-46-44-40-36-28-20-12-2)104-79-80-105(123-104)106-88-98-110(108-85-94(74-60-32-24-16-6)102(122-108)76-62-34-26-18-8)111-97(83-90(10)120-111)109(112(98)124-106)107-84-93(73-59-31-23-15-5)101(121-107)75-61-33-25-17-7/h77-80,83-88,91-92,109-110H,11-76,81-82H2,1-10H3. The predicted molar refractivity (Wildman–Crippen MR) is 555 cm³/mol. The average molecular weight is 2080 g/mol. The molecule has 0 fully saturated rings. The van der Waals surface area contributed by atoms with Crippen LogP contribution < -0.4 is 11.1 Å². The summed E-state index contributed by atoms with van der Waals surface area (Å²) in [5, 5.41) is 0. The first-order valence-electron chi connectivity index (χ1n) is 53.4. The Bertz CT molecular complexity index is 4080. The molecule has 4 atom stereocenters. The molecule has 694 valence electrons. The maximum atomic E-state index is 16.5. The Morgan fingerprint density at radius 1 is 0.266 bits per heavy atom. The second kappa shape index (κ2) is 63.4. The first-order chi connectivity index (χ1) is 61.0. The summed E-state index contributed by atoms with van der Waals surface area (Å²) >= 11 is 1.23. The van der Waals surface area contributed by atoms with Crippen molar-refractivity contribution < 1.29 is 0 Å². The van der Waals surface area contributed by atoms with Crippen molar-refractivity contribution in [3.05, 3.63) is 139 Å². The van der Waals surface area contributed by atoms with Crippen LogP contribution >= 0.6 is 0 Å². The molecule has 1 aliphatic rings. The van der Waals surface area contributed by atoms with Gasteiger partial charge in [0, 0.05) is 0 Å². The zero-order chi connectivity index (χ0) is 87.6. The Balaban J connectivity index is 1.11. The van der Waals surface area contributed by atoms with Gasteiger partial charge in [-0.2, -0.15) is 0 Å². The number of hydrogen-bond donors (Lipinski definition) is 0. The van der Waals surface area contributed by atoms with Crippen molar-refractivity contribution in [2.45, 2.75) is 518 Å². The molecule has 8 aromatic heterocycles. The van der Waals surface area contributed by atoms with Gasteiger partial charge in [-0.25, -0.2) is 0 Å². The molecule has 0 radical (unpaired) electrons. The summed E-state index contributed by atoms with van der Waals surface area (Å²) in [6.45, 7) is 25.0. The number of aromatic nitrogens is 2. The number of unbranched alkanes of at least 4 members (excludes halogenated alkanes) is 46. The van der Waals surface area contributed by atoms with Crippen molar-refractivity contribution in [3.8, 4) is 28.9 Å². The zero-order valence-corrected chi connectivity index (χ0v) is 91.6. The molecule has 8 aromatic rings. The summed E-state index contributed by atoms with van der Waals surface area (Å²) in [6, 6.07) is 25.3. The second-order valence-electron chi connectivity index (χ2n) is 39.0. The molecule has 0 bridgehead atoms. The molecule has 10 heteroatoms. The van der Waals surface area contributed by atoms with Gasteiger partial charge in [-0.1, -0.05) is 207 Å². The van der Waals surface area contributed by atoms with E-state index < -0.39 is 0 Å². The van der Waals surface area contributed by atoms with Crippen LogP contribution in [0.1, 0.15) is 523 Å². The van der Waals surface area contributed by atoms with E-state index >= 15 is 9.59 Å². The monoisotopic (exact) mass is 2090 g/mol. The zero-order valence-electron chi connectivity index (χ0n) is 81.3. The van der Waals surface area contributed by atoms with E-state index in [4.69, 9.17) is 0 Å². The maximum absolute atomic E-state index is 16.5. The van der Waals surface area contributed by atoms with Gasteiger partial charge in [0.2, 0.25) is 0 Å². The molecule has 0 saturated heterocycles. The molecular formula is C114H180N2O2Se6. The van der Waals surface area contributed by atoms with Crippen molar-refractivity contribution in [3.63, 3.8) is 0 Å². The molecule has 0 amide bonds. The van der Waals surface area contributed by atoms with Gasteiger partial charge >= 0.3 is 597 Å². The van der Waals surface area contributed by atoms with E-state index in [9.17, 15) is 0 Å². The Morgan fingerprint density at radius 3 is 0.919 bits per heavy atom. The summed E-state index contributed by atoms with van der Waals surface area (Å²) in [4.78, 5) is 32.5. The van der Waals surface area contributed by atoms with Crippen molar-refractivity contribution >= 4 is 98.1 Å². The van der Waals surface area contributed by atoms with E-state index in [1.807, 2.05) is 13.3 Å². The van der Waals surface area contributed by atoms with Crippen LogP contribution in [-0.4, -0.2) is 96.2 Å². The SMILES string of the molecule is CCCCCCCCCCCCC(CCCCCCCCCC)CCCCn1c(=O)c(-c2ccc(C)[se]2)cc2c1cc(-c1ccc(-c3cc4c([se]3)C(c3cc(CCCCCC)c(CCCCCC)[se]3)c3cc(C)[se]c3C4c3cc(CCCCCC)c(CCCCCC)[se]3)[se]1)c(=O)n2CCCCC(CCCCCCCCCC)CCCCCCCCCCCC. The van der Waals surface area contributed by atoms with Crippen LogP contribution in [0.15, 0.2) is 70.3 Å². The third-order valence-electron chi connectivity index (χ3n) is 28.2. The third kappa shape index (κ3) is 35.8. The molecule has 1 aliphatic carbocycles. The fourth-order valence-corrected chi connectivity index (χ4v) is 37.0. The van der Waals surface area contributed by atoms with Gasteiger partial charge in [0.25, 0.3) is 0 Å². The van der Waals surface area contributed by atoms with Crippen LogP contribution in [0, 0.1) is 25.7 Å². The molecule has 0 spiro atoms. The fraction of sp³-hybridized carbons (Fsp3) is 0.719. The van der Waals surface area contributed by atoms with Crippen LogP contribution in [-0.2, 0) is 38.8 Å². The number of rotatable bonds is 75. The Morgan fingerprint density at radius 2 is 0.565 bits per heavy atom. The van der Waals surface area contributed by atoms with Gasteiger partial charge in [-0.05, 0) is 0 Å². The number of pyridine rings is 2. The van der Waals surface area contributed by atoms with Crippen LogP contribution in [0.3, 0.4) is 0 Å². The van der Waals surface area contributed by atoms with Crippen molar-refractivity contribution in [1.29, 1.82) is 0 Å². The Labute approximate surface area is 797 Å². The fourth-order valence-electron chi connectivity index (χ4n) is 20.6. The van der Waals surface area contributed by atoms with Gasteiger partial charge in [-0.15, -0.1) is 0 Å². The molecular weight excluding hydrogens is 1900 g/mol. The van der Waals surface area contributed by atoms with Gasteiger partial charge in [-0.3, -0.25) is 0 Å². The van der Waals surface area contributed by atoms with E-state index in [0.717, 1.165) is 59.7 Å². The predicted octanol–water partition coefficient (Wildman–Crippen LogP) is 33.5. The first-order valence-corrected chi connectivity index (χ1v) is 63.7. The summed E-state index contributed by atoms with van der Waals surface area (Å²) in [5.41, 5.74) is 10.9. The molecule has 0 saturated carbocycles. The van der Waals surface area contributed by atoms with E-state index in [-0.39, 0.29) is 54.6 Å². The van der Waals surface area contributed by atoms with E-state index in [0.29, 0.717) is 68.4 Å². The van der Waals surface area contributed by atoms with E-state index in [1.54, 1.807) is 44.4 Å². The molecule has 0 aromatic carbocycles. The third-order valence-corrected chi connectivity index (χ3v) is 43.9. The van der Waals surface area contributed by atoms with Crippen molar-refractivity contribution in [2.24, 2.45) is 11.8 Å². The molecule has 8 heterocycles. The minimum absolute atomic E-state index is 0.0690. The van der Waals surface area contributed by atoms with Crippen LogP contribution in [0.4, 0.5) is 0 Å². The topological polar surface area (TPSA) is 44.0 Å². The van der Waals surface area contributed by atoms with Crippen LogP contribution in [0.5, 0.6) is 0 Å². The van der Waals surface area contributed by atoms with E-state index in [2.05, 4.69) is 139 Å². The smallest absolute Gasteiger partial charge is 0.0654 e. The van der Waals surface area contributed by atoms with Gasteiger partial charge in [0.05, 0.1) is 0 Å². The van der Waals surface area contributed by atoms with Gasteiger partial charge < -0.3 is 0 Å². The number of fused-ring (bicyclic) bond motifs is 3. The Kier molecular flexibility index (Phi) is 54.1. The van der Waals surface area contributed by atoms with Gasteiger partial charge in [0.15, 0.2) is 0 Å². The second-order valence-corrected chi connectivity index (χ2v) is 53.8. The number of hydrogen-bond acceptors (Lipinski definition) is 2. The summed E-state index contributed by atoms with van der Waals surface area (Å²) in [7, 11) is 0. The number of aryl methyl sites for hydroxylation is 8. The molecule has 9 rings (SSSR count). The minimum Gasteiger partial charge on any atom is -0.0654 e. The van der Waals surface area contributed by atoms with Crippen molar-refractivity contribution in [1.82, 2.24) is 9.13 Å².